The molecule has 98 valence electrons. The highest BCUT2D eigenvalue weighted by molar-refractivity contribution is 5.27. The van der Waals surface area contributed by atoms with Crippen molar-refractivity contribution in [3.63, 3.8) is 0 Å². The van der Waals surface area contributed by atoms with E-state index in [1.807, 2.05) is 19.2 Å². The molecule has 2 saturated carbocycles. The first kappa shape index (κ1) is 12.1. The summed E-state index contributed by atoms with van der Waals surface area (Å²) < 4.78 is 0. The molecule has 0 spiro atoms. The van der Waals surface area contributed by atoms with E-state index in [1.54, 1.807) is 6.20 Å². The van der Waals surface area contributed by atoms with Gasteiger partial charge in [0.15, 0.2) is 0 Å². The molecule has 3 rings (SSSR count). The summed E-state index contributed by atoms with van der Waals surface area (Å²) in [5.41, 5.74) is 8.05. The van der Waals surface area contributed by atoms with Crippen LogP contribution in [0.25, 0.3) is 0 Å². The number of rotatable bonds is 3. The van der Waals surface area contributed by atoms with Crippen molar-refractivity contribution in [2.24, 2.45) is 23.0 Å². The predicted molar refractivity (Wildman–Crippen MR) is 70.9 cm³/mol. The van der Waals surface area contributed by atoms with Crippen LogP contribution >= 0.6 is 0 Å². The molecule has 0 aromatic carbocycles. The van der Waals surface area contributed by atoms with Crippen LogP contribution in [0.1, 0.15) is 42.9 Å². The van der Waals surface area contributed by atoms with Gasteiger partial charge in [0.05, 0.1) is 6.10 Å². The first-order chi connectivity index (χ1) is 8.67. The van der Waals surface area contributed by atoms with E-state index in [2.05, 4.69) is 4.98 Å². The smallest absolute Gasteiger partial charge is 0.0878 e. The van der Waals surface area contributed by atoms with E-state index < -0.39 is 6.10 Å². The molecule has 3 heteroatoms. The zero-order valence-corrected chi connectivity index (χ0v) is 11.0. The van der Waals surface area contributed by atoms with Crippen LogP contribution in [0.3, 0.4) is 0 Å². The van der Waals surface area contributed by atoms with Crippen molar-refractivity contribution in [3.8, 4) is 0 Å². The van der Waals surface area contributed by atoms with Crippen LogP contribution in [0.2, 0.25) is 0 Å². The Hall–Kier alpha value is -0.930. The molecule has 0 amide bonds. The lowest BCUT2D eigenvalue weighted by Gasteiger charge is -2.41. The van der Waals surface area contributed by atoms with Crippen molar-refractivity contribution in [2.45, 2.75) is 38.7 Å². The minimum absolute atomic E-state index is 0.100. The van der Waals surface area contributed by atoms with Crippen LogP contribution in [0.15, 0.2) is 18.5 Å². The third-order valence-corrected chi connectivity index (χ3v) is 5.32. The highest BCUT2D eigenvalue weighted by Crippen LogP contribution is 2.60. The van der Waals surface area contributed by atoms with Gasteiger partial charge in [-0.15, -0.1) is 0 Å². The second kappa shape index (κ2) is 4.32. The van der Waals surface area contributed by atoms with Crippen LogP contribution in [0.4, 0.5) is 0 Å². The van der Waals surface area contributed by atoms with Gasteiger partial charge >= 0.3 is 0 Å². The van der Waals surface area contributed by atoms with E-state index in [4.69, 9.17) is 5.73 Å². The van der Waals surface area contributed by atoms with Gasteiger partial charge in [0.25, 0.3) is 0 Å². The Labute approximate surface area is 108 Å². The number of nitrogens with two attached hydrogens (primary N) is 1. The average Bonchev–Trinajstić information content (AvgIpc) is 2.99. The molecule has 3 nitrogen and oxygen atoms in total. The minimum atomic E-state index is -0.452. The quantitative estimate of drug-likeness (QED) is 0.859. The highest BCUT2D eigenvalue weighted by atomic mass is 16.3. The van der Waals surface area contributed by atoms with Crippen LogP contribution in [-0.4, -0.2) is 16.6 Å². The molecular formula is C15H22N2O. The van der Waals surface area contributed by atoms with Gasteiger partial charge in [-0.2, -0.15) is 0 Å². The molecule has 1 aromatic heterocycles. The maximum Gasteiger partial charge on any atom is 0.0878 e. The fourth-order valence-corrected chi connectivity index (χ4v) is 4.26. The Morgan fingerprint density at radius 2 is 2.39 bits per heavy atom. The van der Waals surface area contributed by atoms with E-state index in [-0.39, 0.29) is 5.41 Å². The number of aliphatic hydroxyl groups is 1. The number of aryl methyl sites for hydroxylation is 1. The summed E-state index contributed by atoms with van der Waals surface area (Å²) in [6.07, 6.45) is 8.04. The van der Waals surface area contributed by atoms with Crippen LogP contribution in [0.5, 0.6) is 0 Å². The number of hydrogen-bond acceptors (Lipinski definition) is 3. The van der Waals surface area contributed by atoms with Crippen molar-refractivity contribution in [2.75, 3.05) is 6.54 Å². The molecule has 4 unspecified atom stereocenters. The molecular weight excluding hydrogens is 224 g/mol. The second-order valence-corrected chi connectivity index (χ2v) is 6.15. The van der Waals surface area contributed by atoms with E-state index in [0.717, 1.165) is 23.5 Å². The second-order valence-electron chi connectivity index (χ2n) is 6.15. The van der Waals surface area contributed by atoms with Crippen molar-refractivity contribution in [3.05, 3.63) is 29.6 Å². The first-order valence-corrected chi connectivity index (χ1v) is 6.96. The topological polar surface area (TPSA) is 59.1 Å². The van der Waals surface area contributed by atoms with Gasteiger partial charge in [0.2, 0.25) is 0 Å². The number of fused-ring (bicyclic) bond motifs is 2. The summed E-state index contributed by atoms with van der Waals surface area (Å²) in [6, 6.07) is 1.97. The minimum Gasteiger partial charge on any atom is -0.388 e. The molecule has 1 heterocycles. The number of hydrogen-bond donors (Lipinski definition) is 2. The maximum absolute atomic E-state index is 10.9. The lowest BCUT2D eigenvalue weighted by atomic mass is 9.67. The van der Waals surface area contributed by atoms with Crippen LogP contribution < -0.4 is 5.73 Å². The normalized spacial score (nSPS) is 35.9. The van der Waals surface area contributed by atoms with Crippen molar-refractivity contribution in [1.29, 1.82) is 0 Å². The van der Waals surface area contributed by atoms with Crippen molar-refractivity contribution >= 4 is 0 Å². The van der Waals surface area contributed by atoms with Crippen LogP contribution in [-0.2, 0) is 0 Å². The van der Waals surface area contributed by atoms with E-state index in [1.165, 1.54) is 19.3 Å². The molecule has 0 saturated heterocycles. The monoisotopic (exact) mass is 246 g/mol. The van der Waals surface area contributed by atoms with Gasteiger partial charge in [0, 0.05) is 29.9 Å². The summed E-state index contributed by atoms with van der Waals surface area (Å²) in [6.45, 7) is 2.63. The van der Waals surface area contributed by atoms with Gasteiger partial charge in [-0.25, -0.2) is 0 Å². The first-order valence-electron chi connectivity index (χ1n) is 6.96. The molecule has 18 heavy (non-hydrogen) atoms. The molecule has 1 aromatic rings. The molecule has 2 aliphatic rings. The molecule has 4 atom stereocenters. The zero-order chi connectivity index (χ0) is 12.8. The molecule has 0 radical (unpaired) electrons. The number of aromatic nitrogens is 1. The molecule has 2 bridgehead atoms. The van der Waals surface area contributed by atoms with Gasteiger partial charge in [-0.1, -0.05) is 6.42 Å². The highest BCUT2D eigenvalue weighted by Gasteiger charge is 2.54. The molecule has 2 fully saturated rings. The van der Waals surface area contributed by atoms with E-state index in [0.29, 0.717) is 12.5 Å². The third-order valence-electron chi connectivity index (χ3n) is 5.32. The zero-order valence-electron chi connectivity index (χ0n) is 11.0. The summed E-state index contributed by atoms with van der Waals surface area (Å²) in [7, 11) is 0. The maximum atomic E-state index is 10.9. The largest absolute Gasteiger partial charge is 0.388 e. The fourth-order valence-electron chi connectivity index (χ4n) is 4.26. The Kier molecular flexibility index (Phi) is 2.91. The Morgan fingerprint density at radius 1 is 1.56 bits per heavy atom. The number of pyridine rings is 1. The Morgan fingerprint density at radius 3 is 2.94 bits per heavy atom. The van der Waals surface area contributed by atoms with Crippen molar-refractivity contribution < 1.29 is 5.11 Å². The lowest BCUT2D eigenvalue weighted by molar-refractivity contribution is -0.0136. The van der Waals surface area contributed by atoms with Gasteiger partial charge in [0.1, 0.15) is 0 Å². The summed E-state index contributed by atoms with van der Waals surface area (Å²) in [5, 5.41) is 10.9. The number of nitrogens with zero attached hydrogens (tertiary/aromatic N) is 1. The standard InChI is InChI=1S/C15H22N2O/c1-10-4-5-17-8-13(10)14(18)15(9-16)7-11-2-3-12(15)6-11/h4-5,8,11-12,14,18H,2-3,6-7,9,16H2,1H3. The van der Waals surface area contributed by atoms with Gasteiger partial charge < -0.3 is 10.8 Å². The molecule has 0 aliphatic heterocycles. The van der Waals surface area contributed by atoms with Gasteiger partial charge in [-0.3, -0.25) is 4.98 Å². The van der Waals surface area contributed by atoms with E-state index >= 15 is 0 Å². The van der Waals surface area contributed by atoms with Crippen molar-refractivity contribution in [1.82, 2.24) is 4.98 Å². The Bertz CT molecular complexity index is 448. The SMILES string of the molecule is Cc1ccncc1C(O)C1(CN)CC2CCC1C2. The summed E-state index contributed by atoms with van der Waals surface area (Å²) in [4.78, 5) is 4.16. The number of aliphatic hydroxyl groups excluding tert-OH is 1. The molecule has 2 aliphatic carbocycles. The van der Waals surface area contributed by atoms with Gasteiger partial charge in [-0.05, 0) is 49.7 Å². The average molecular weight is 246 g/mol. The van der Waals surface area contributed by atoms with Crippen LogP contribution in [0, 0.1) is 24.2 Å². The van der Waals surface area contributed by atoms with E-state index in [9.17, 15) is 5.11 Å². The lowest BCUT2D eigenvalue weighted by Crippen LogP contribution is -2.41. The third kappa shape index (κ3) is 1.61. The Balaban J connectivity index is 1.96. The fraction of sp³-hybridized carbons (Fsp3) is 0.667. The summed E-state index contributed by atoms with van der Waals surface area (Å²) >= 11 is 0. The summed E-state index contributed by atoms with van der Waals surface area (Å²) in [5.74, 6) is 1.38. The molecule has 3 N–H and O–H groups in total. The predicted octanol–water partition coefficient (Wildman–Crippen LogP) is 2.19.